The van der Waals surface area contributed by atoms with E-state index in [-0.39, 0.29) is 5.91 Å². The summed E-state index contributed by atoms with van der Waals surface area (Å²) >= 11 is 0. The van der Waals surface area contributed by atoms with Gasteiger partial charge < -0.3 is 10.6 Å². The van der Waals surface area contributed by atoms with E-state index in [1.54, 1.807) is 12.4 Å². The van der Waals surface area contributed by atoms with Crippen LogP contribution in [-0.4, -0.2) is 33.9 Å². The molecule has 2 N–H and O–H groups in total. The Balaban J connectivity index is 1.99. The number of nitrogens with two attached hydrogens (primary N) is 1. The van der Waals surface area contributed by atoms with Crippen molar-refractivity contribution in [3.63, 3.8) is 0 Å². The molecular formula is C10H14N4O. The van der Waals surface area contributed by atoms with E-state index in [4.69, 9.17) is 5.73 Å². The highest BCUT2D eigenvalue weighted by molar-refractivity contribution is 5.78. The second kappa shape index (κ2) is 4.35. The van der Waals surface area contributed by atoms with Gasteiger partial charge in [-0.1, -0.05) is 0 Å². The molecule has 1 aromatic rings. The van der Waals surface area contributed by atoms with Gasteiger partial charge in [0.05, 0.1) is 0 Å². The second-order valence-corrected chi connectivity index (χ2v) is 3.83. The minimum Gasteiger partial charge on any atom is -0.338 e. The summed E-state index contributed by atoms with van der Waals surface area (Å²) in [6, 6.07) is 0. The third-order valence-corrected chi connectivity index (χ3v) is 2.62. The monoisotopic (exact) mass is 206 g/mol. The molecule has 1 aliphatic heterocycles. The Morgan fingerprint density at radius 3 is 2.80 bits per heavy atom. The van der Waals surface area contributed by atoms with Crippen molar-refractivity contribution < 1.29 is 4.79 Å². The normalized spacial score (nSPS) is 21.0. The minimum absolute atomic E-state index is 0.175. The molecule has 1 fully saturated rings. The number of amides is 1. The van der Waals surface area contributed by atoms with Crippen LogP contribution < -0.4 is 5.73 Å². The first kappa shape index (κ1) is 10.0. The third-order valence-electron chi connectivity index (χ3n) is 2.62. The quantitative estimate of drug-likeness (QED) is 0.742. The van der Waals surface area contributed by atoms with Crippen molar-refractivity contribution in [1.29, 1.82) is 0 Å². The number of hydrogen-bond donors (Lipinski definition) is 1. The first-order valence-corrected chi connectivity index (χ1v) is 5.01. The number of carbonyl (C=O) groups excluding carboxylic acids is 1. The van der Waals surface area contributed by atoms with Gasteiger partial charge in [0.15, 0.2) is 0 Å². The number of carbonyl (C=O) groups is 1. The summed E-state index contributed by atoms with van der Waals surface area (Å²) in [4.78, 5) is 21.2. The summed E-state index contributed by atoms with van der Waals surface area (Å²) in [6.07, 6.45) is 5.52. The van der Waals surface area contributed by atoms with Crippen molar-refractivity contribution in [3.8, 4) is 0 Å². The first-order valence-electron chi connectivity index (χ1n) is 5.01. The van der Waals surface area contributed by atoms with Crippen molar-refractivity contribution in [3.05, 3.63) is 24.3 Å². The molecule has 0 aromatic carbocycles. The van der Waals surface area contributed by atoms with Gasteiger partial charge in [-0.2, -0.15) is 0 Å². The lowest BCUT2D eigenvalue weighted by atomic mass is 10.1. The highest BCUT2D eigenvalue weighted by atomic mass is 16.2. The molecule has 0 bridgehead atoms. The van der Waals surface area contributed by atoms with E-state index >= 15 is 0 Å². The number of aromatic nitrogens is 2. The summed E-state index contributed by atoms with van der Waals surface area (Å²) in [5, 5.41) is 0. The van der Waals surface area contributed by atoms with Crippen LogP contribution in [0.25, 0.3) is 0 Å². The predicted molar refractivity (Wildman–Crippen MR) is 54.6 cm³/mol. The maximum Gasteiger partial charge on any atom is 0.223 e. The average Bonchev–Trinajstić information content (AvgIpc) is 2.61. The molecular weight excluding hydrogens is 192 g/mol. The lowest BCUT2D eigenvalue weighted by Gasteiger charge is -2.15. The molecule has 2 heterocycles. The summed E-state index contributed by atoms with van der Waals surface area (Å²) in [5.74, 6) is 0.483. The Kier molecular flexibility index (Phi) is 2.91. The predicted octanol–water partition coefficient (Wildman–Crippen LogP) is -0.216. The summed E-state index contributed by atoms with van der Waals surface area (Å²) in [6.45, 7) is 1.92. The molecule has 1 aromatic heterocycles. The van der Waals surface area contributed by atoms with Gasteiger partial charge in [0, 0.05) is 37.5 Å². The van der Waals surface area contributed by atoms with E-state index in [2.05, 4.69) is 9.97 Å². The number of likely N-dealkylation sites (tertiary alicyclic amines) is 1. The van der Waals surface area contributed by atoms with Crippen LogP contribution >= 0.6 is 0 Å². The highest BCUT2D eigenvalue weighted by Crippen LogP contribution is 2.18. The molecule has 80 valence electrons. The fourth-order valence-corrected chi connectivity index (χ4v) is 1.80. The topological polar surface area (TPSA) is 72.1 Å². The third kappa shape index (κ3) is 2.30. The van der Waals surface area contributed by atoms with E-state index in [0.29, 0.717) is 25.4 Å². The van der Waals surface area contributed by atoms with Crippen LogP contribution in [0.5, 0.6) is 0 Å². The Morgan fingerprint density at radius 1 is 1.47 bits per heavy atom. The molecule has 1 saturated heterocycles. The van der Waals surface area contributed by atoms with Crippen LogP contribution in [0.2, 0.25) is 0 Å². The van der Waals surface area contributed by atoms with Crippen molar-refractivity contribution in [1.82, 2.24) is 14.9 Å². The molecule has 5 heteroatoms. The van der Waals surface area contributed by atoms with Crippen LogP contribution in [0.4, 0.5) is 0 Å². The SMILES string of the molecule is NCC1CC(=O)N(Cc2cncnc2)C1. The fraction of sp³-hybridized carbons (Fsp3) is 0.500. The summed E-state index contributed by atoms with van der Waals surface area (Å²) in [7, 11) is 0. The van der Waals surface area contributed by atoms with Crippen LogP contribution in [0.3, 0.4) is 0 Å². The Labute approximate surface area is 88.3 Å². The van der Waals surface area contributed by atoms with Crippen molar-refractivity contribution in [2.24, 2.45) is 11.7 Å². The number of rotatable bonds is 3. The van der Waals surface area contributed by atoms with Gasteiger partial charge in [-0.15, -0.1) is 0 Å². The zero-order valence-corrected chi connectivity index (χ0v) is 8.47. The first-order chi connectivity index (χ1) is 7.29. The largest absolute Gasteiger partial charge is 0.338 e. The van der Waals surface area contributed by atoms with Crippen LogP contribution in [0, 0.1) is 5.92 Å². The van der Waals surface area contributed by atoms with E-state index in [0.717, 1.165) is 12.1 Å². The molecule has 5 nitrogen and oxygen atoms in total. The van der Waals surface area contributed by atoms with Gasteiger partial charge in [0.2, 0.25) is 5.91 Å². The minimum atomic E-state index is 0.175. The van der Waals surface area contributed by atoms with E-state index in [1.165, 1.54) is 6.33 Å². The molecule has 0 saturated carbocycles. The van der Waals surface area contributed by atoms with Crippen LogP contribution in [0.15, 0.2) is 18.7 Å². The summed E-state index contributed by atoms with van der Waals surface area (Å²) in [5.41, 5.74) is 6.51. The maximum atomic E-state index is 11.6. The molecule has 0 aliphatic carbocycles. The average molecular weight is 206 g/mol. The molecule has 1 unspecified atom stereocenters. The second-order valence-electron chi connectivity index (χ2n) is 3.83. The van der Waals surface area contributed by atoms with Gasteiger partial charge in [-0.3, -0.25) is 4.79 Å². The highest BCUT2D eigenvalue weighted by Gasteiger charge is 2.28. The Bertz CT molecular complexity index is 341. The smallest absolute Gasteiger partial charge is 0.223 e. The zero-order chi connectivity index (χ0) is 10.7. The van der Waals surface area contributed by atoms with Crippen LogP contribution in [0.1, 0.15) is 12.0 Å². The number of hydrogen-bond acceptors (Lipinski definition) is 4. The molecule has 0 spiro atoms. The Hall–Kier alpha value is -1.49. The molecule has 1 aliphatic rings. The van der Waals surface area contributed by atoms with E-state index in [1.807, 2.05) is 4.90 Å². The van der Waals surface area contributed by atoms with Gasteiger partial charge in [0.25, 0.3) is 0 Å². The van der Waals surface area contributed by atoms with Gasteiger partial charge in [0.1, 0.15) is 6.33 Å². The van der Waals surface area contributed by atoms with Crippen molar-refractivity contribution >= 4 is 5.91 Å². The van der Waals surface area contributed by atoms with Gasteiger partial charge in [-0.25, -0.2) is 9.97 Å². The lowest BCUT2D eigenvalue weighted by Crippen LogP contribution is -2.25. The molecule has 2 rings (SSSR count). The fourth-order valence-electron chi connectivity index (χ4n) is 1.80. The molecule has 1 amide bonds. The molecule has 15 heavy (non-hydrogen) atoms. The van der Waals surface area contributed by atoms with Crippen molar-refractivity contribution in [2.45, 2.75) is 13.0 Å². The number of nitrogens with zero attached hydrogens (tertiary/aromatic N) is 3. The van der Waals surface area contributed by atoms with E-state index in [9.17, 15) is 4.79 Å². The Morgan fingerprint density at radius 2 is 2.20 bits per heavy atom. The van der Waals surface area contributed by atoms with Gasteiger partial charge >= 0.3 is 0 Å². The maximum absolute atomic E-state index is 11.6. The standard InChI is InChI=1S/C10H14N4O/c11-2-8-1-10(15)14(5-8)6-9-3-12-7-13-4-9/h3-4,7-8H,1-2,5-6,11H2. The molecule has 1 atom stereocenters. The van der Waals surface area contributed by atoms with Crippen LogP contribution in [-0.2, 0) is 11.3 Å². The summed E-state index contributed by atoms with van der Waals surface area (Å²) < 4.78 is 0. The lowest BCUT2D eigenvalue weighted by molar-refractivity contribution is -0.128. The van der Waals surface area contributed by atoms with Gasteiger partial charge in [-0.05, 0) is 12.5 Å². The zero-order valence-electron chi connectivity index (χ0n) is 8.47. The molecule has 0 radical (unpaired) electrons. The van der Waals surface area contributed by atoms with Crippen molar-refractivity contribution in [2.75, 3.05) is 13.1 Å². The van der Waals surface area contributed by atoms with E-state index < -0.39 is 0 Å².